The number of allylic oxidation sites excluding steroid dienone is 2. The van der Waals surface area contributed by atoms with E-state index < -0.39 is 12.2 Å². The van der Waals surface area contributed by atoms with E-state index in [1.807, 2.05) is 17.9 Å². The van der Waals surface area contributed by atoms with E-state index in [1.165, 1.54) is 17.5 Å². The van der Waals surface area contributed by atoms with Gasteiger partial charge in [-0.15, -0.1) is 0 Å². The first kappa shape index (κ1) is 17.6. The van der Waals surface area contributed by atoms with Crippen LogP contribution < -0.4 is 0 Å². The minimum atomic E-state index is -0.471. The van der Waals surface area contributed by atoms with Crippen LogP contribution in [0.3, 0.4) is 0 Å². The van der Waals surface area contributed by atoms with Gasteiger partial charge in [0.1, 0.15) is 0 Å². The van der Waals surface area contributed by atoms with Crippen LogP contribution in [0.15, 0.2) is 46.7 Å². The molecule has 1 aromatic rings. The van der Waals surface area contributed by atoms with Crippen LogP contribution >= 0.6 is 0 Å². The Bertz CT molecular complexity index is 847. The summed E-state index contributed by atoms with van der Waals surface area (Å²) in [6.07, 6.45) is 1.51. The average Bonchev–Trinajstić information content (AvgIpc) is 3.17. The molecule has 2 unspecified atom stereocenters. The number of fused-ring (bicyclic) bond motifs is 3. The highest BCUT2D eigenvalue weighted by Gasteiger charge is 2.54. The van der Waals surface area contributed by atoms with Gasteiger partial charge in [0, 0.05) is 32.0 Å². The maximum absolute atomic E-state index is 12.8. The van der Waals surface area contributed by atoms with Crippen molar-refractivity contribution in [2.45, 2.75) is 38.9 Å². The Balaban J connectivity index is 1.55. The number of guanidine groups is 1. The Hall–Kier alpha value is -2.83. The predicted octanol–water partition coefficient (Wildman–Crippen LogP) is 2.08. The minimum Gasteiger partial charge on any atom is -0.314 e. The van der Waals surface area contributed by atoms with Crippen molar-refractivity contribution in [3.63, 3.8) is 0 Å². The molecule has 3 aliphatic rings. The van der Waals surface area contributed by atoms with Crippen molar-refractivity contribution < 1.29 is 9.59 Å². The maximum atomic E-state index is 12.8. The smallest absolute Gasteiger partial charge is 0.314 e. The molecule has 3 heterocycles. The summed E-state index contributed by atoms with van der Waals surface area (Å²) in [6.45, 7) is 4.92. The summed E-state index contributed by atoms with van der Waals surface area (Å²) in [6, 6.07) is 9.65. The van der Waals surface area contributed by atoms with Gasteiger partial charge in [-0.25, -0.2) is 9.79 Å². The molecule has 27 heavy (non-hydrogen) atoms. The van der Waals surface area contributed by atoms with E-state index in [0.29, 0.717) is 0 Å². The predicted molar refractivity (Wildman–Crippen MR) is 103 cm³/mol. The van der Waals surface area contributed by atoms with E-state index >= 15 is 0 Å². The highest BCUT2D eigenvalue weighted by atomic mass is 16.2. The zero-order valence-corrected chi connectivity index (χ0v) is 16.2. The highest BCUT2D eigenvalue weighted by molar-refractivity contribution is 6.04. The van der Waals surface area contributed by atoms with Crippen LogP contribution in [0, 0.1) is 0 Å². The van der Waals surface area contributed by atoms with Crippen LogP contribution in [0.1, 0.15) is 25.8 Å². The quantitative estimate of drug-likeness (QED) is 0.818. The molecule has 4 rings (SSSR count). The Kier molecular flexibility index (Phi) is 4.17. The Morgan fingerprint density at radius 1 is 1.04 bits per heavy atom. The number of likely N-dealkylation sites (N-methyl/N-ethyl adjacent to an activating group) is 2. The maximum Gasteiger partial charge on any atom is 0.328 e. The molecule has 7 nitrogen and oxygen atoms in total. The standard InChI is InChI=1S/C20H25N5O2/c1-13-14(2)25-16-17(22(3)20(27)23(4)18(16)26)21-19(25)24(13)12-8-11-15-9-6-5-7-10-15/h5-7,9-10,16-17H,8,11-12H2,1-4H3. The van der Waals surface area contributed by atoms with E-state index in [2.05, 4.69) is 36.1 Å². The number of imide groups is 1. The van der Waals surface area contributed by atoms with Gasteiger partial charge in [-0.3, -0.25) is 14.6 Å². The van der Waals surface area contributed by atoms with Crippen LogP contribution in [0.25, 0.3) is 0 Å². The first-order chi connectivity index (χ1) is 12.9. The van der Waals surface area contributed by atoms with Gasteiger partial charge in [0.25, 0.3) is 5.91 Å². The van der Waals surface area contributed by atoms with Crippen LogP contribution in [0.2, 0.25) is 0 Å². The fourth-order valence-electron chi connectivity index (χ4n) is 4.12. The number of aryl methyl sites for hydroxylation is 1. The molecule has 0 spiro atoms. The van der Waals surface area contributed by atoms with Crippen LogP contribution in [0.5, 0.6) is 0 Å². The third-order valence-electron chi connectivity index (χ3n) is 5.81. The molecule has 1 aromatic carbocycles. The molecular formula is C20H25N5O2. The lowest BCUT2D eigenvalue weighted by atomic mass is 10.1. The van der Waals surface area contributed by atoms with Gasteiger partial charge in [0.05, 0.1) is 0 Å². The Labute approximate surface area is 159 Å². The minimum absolute atomic E-state index is 0.194. The Morgan fingerprint density at radius 2 is 1.74 bits per heavy atom. The number of carbonyl (C=O) groups is 2. The van der Waals surface area contributed by atoms with Crippen LogP contribution in [-0.2, 0) is 11.2 Å². The fourth-order valence-corrected chi connectivity index (χ4v) is 4.12. The number of carbonyl (C=O) groups excluding carboxylic acids is 2. The third kappa shape index (κ3) is 2.60. The summed E-state index contributed by atoms with van der Waals surface area (Å²) in [5.41, 5.74) is 3.47. The van der Waals surface area contributed by atoms with Gasteiger partial charge < -0.3 is 9.80 Å². The molecule has 1 saturated heterocycles. The second-order valence-electron chi connectivity index (χ2n) is 7.36. The number of hydrogen-bond donors (Lipinski definition) is 0. The lowest BCUT2D eigenvalue weighted by Crippen LogP contribution is -2.63. The SMILES string of the molecule is CC1=C(C)N2C(=NC3C2C(=O)N(C)C(=O)N3C)N1CCCc1ccccc1. The lowest BCUT2D eigenvalue weighted by molar-refractivity contribution is -0.135. The van der Waals surface area contributed by atoms with E-state index in [-0.39, 0.29) is 11.9 Å². The van der Waals surface area contributed by atoms with Crippen molar-refractivity contribution in [3.8, 4) is 0 Å². The molecule has 0 N–H and O–H groups in total. The number of rotatable bonds is 4. The molecule has 142 valence electrons. The Morgan fingerprint density at radius 3 is 2.44 bits per heavy atom. The summed E-state index contributed by atoms with van der Waals surface area (Å²) in [7, 11) is 3.25. The van der Waals surface area contributed by atoms with Crippen molar-refractivity contribution in [3.05, 3.63) is 47.3 Å². The van der Waals surface area contributed by atoms with E-state index in [4.69, 9.17) is 4.99 Å². The molecule has 3 amide bonds. The lowest BCUT2D eigenvalue weighted by Gasteiger charge is -2.39. The fraction of sp³-hybridized carbons (Fsp3) is 0.450. The molecule has 0 saturated carbocycles. The van der Waals surface area contributed by atoms with Crippen molar-refractivity contribution in [1.29, 1.82) is 0 Å². The summed E-state index contributed by atoms with van der Waals surface area (Å²) in [4.78, 5) is 36.8. The molecule has 0 radical (unpaired) electrons. The largest absolute Gasteiger partial charge is 0.328 e. The molecule has 0 aliphatic carbocycles. The van der Waals surface area contributed by atoms with Gasteiger partial charge in [0.15, 0.2) is 12.2 Å². The van der Waals surface area contributed by atoms with E-state index in [0.717, 1.165) is 36.7 Å². The number of benzene rings is 1. The summed E-state index contributed by atoms with van der Waals surface area (Å²) >= 11 is 0. The zero-order valence-electron chi connectivity index (χ0n) is 16.2. The van der Waals surface area contributed by atoms with E-state index in [9.17, 15) is 9.59 Å². The summed E-state index contributed by atoms with van der Waals surface area (Å²) < 4.78 is 0. The molecule has 3 aliphatic heterocycles. The van der Waals surface area contributed by atoms with Gasteiger partial charge in [-0.05, 0) is 32.3 Å². The topological polar surface area (TPSA) is 59.5 Å². The van der Waals surface area contributed by atoms with Gasteiger partial charge in [-0.2, -0.15) is 0 Å². The van der Waals surface area contributed by atoms with Gasteiger partial charge in [0.2, 0.25) is 5.96 Å². The molecular weight excluding hydrogens is 342 g/mol. The number of nitrogens with zero attached hydrogens (tertiary/aromatic N) is 5. The molecule has 7 heteroatoms. The first-order valence-electron chi connectivity index (χ1n) is 9.32. The second kappa shape index (κ2) is 6.40. The molecule has 0 bridgehead atoms. The van der Waals surface area contributed by atoms with Crippen molar-refractivity contribution in [2.24, 2.45) is 4.99 Å². The number of amides is 3. The average molecular weight is 367 g/mol. The first-order valence-corrected chi connectivity index (χ1v) is 9.32. The highest BCUT2D eigenvalue weighted by Crippen LogP contribution is 2.37. The normalized spacial score (nSPS) is 24.7. The number of hydrogen-bond acceptors (Lipinski definition) is 5. The van der Waals surface area contributed by atoms with Crippen LogP contribution in [-0.4, -0.2) is 70.3 Å². The van der Waals surface area contributed by atoms with Crippen molar-refractivity contribution in [2.75, 3.05) is 20.6 Å². The third-order valence-corrected chi connectivity index (χ3v) is 5.81. The zero-order chi connectivity index (χ0) is 19.3. The monoisotopic (exact) mass is 367 g/mol. The second-order valence-corrected chi connectivity index (χ2v) is 7.36. The number of urea groups is 1. The van der Waals surface area contributed by atoms with Crippen LogP contribution in [0.4, 0.5) is 4.79 Å². The van der Waals surface area contributed by atoms with Crippen molar-refractivity contribution in [1.82, 2.24) is 19.6 Å². The van der Waals surface area contributed by atoms with Gasteiger partial charge in [-0.1, -0.05) is 30.3 Å². The summed E-state index contributed by atoms with van der Waals surface area (Å²) in [5, 5.41) is 0. The number of aliphatic imine (C=N–C) groups is 1. The summed E-state index contributed by atoms with van der Waals surface area (Å²) in [5.74, 6) is 0.594. The molecule has 1 fully saturated rings. The molecule has 2 atom stereocenters. The van der Waals surface area contributed by atoms with E-state index in [1.54, 1.807) is 11.9 Å². The van der Waals surface area contributed by atoms with Gasteiger partial charge >= 0.3 is 6.03 Å². The molecule has 0 aromatic heterocycles. The van der Waals surface area contributed by atoms with Crippen molar-refractivity contribution >= 4 is 17.9 Å².